The first-order chi connectivity index (χ1) is 8.77. The van der Waals surface area contributed by atoms with Crippen LogP contribution in [0.25, 0.3) is 0 Å². The molecule has 1 atom stereocenters. The van der Waals surface area contributed by atoms with E-state index in [1.165, 1.54) is 0 Å². The summed E-state index contributed by atoms with van der Waals surface area (Å²) in [5, 5.41) is 21.3. The van der Waals surface area contributed by atoms with Crippen molar-refractivity contribution in [2.24, 2.45) is 11.3 Å². The summed E-state index contributed by atoms with van der Waals surface area (Å²) in [6.45, 7) is 4.36. The third kappa shape index (κ3) is 1.46. The van der Waals surface area contributed by atoms with Gasteiger partial charge in [-0.25, -0.2) is 0 Å². The van der Waals surface area contributed by atoms with Crippen LogP contribution in [0, 0.1) is 11.3 Å². The number of hydrogen-bond acceptors (Lipinski definition) is 3. The lowest BCUT2D eigenvalue weighted by Gasteiger charge is -2.49. The smallest absolute Gasteiger partial charge is 0.270 e. The van der Waals surface area contributed by atoms with Crippen molar-refractivity contribution in [2.75, 3.05) is 13.1 Å². The molecule has 1 saturated carbocycles. The fourth-order valence-corrected chi connectivity index (χ4v) is 4.36. The van der Waals surface area contributed by atoms with E-state index < -0.39 is 17.4 Å². The zero-order valence-electron chi connectivity index (χ0n) is 11.4. The minimum Gasteiger partial charge on any atom is -0.364 e. The van der Waals surface area contributed by atoms with E-state index in [0.717, 1.165) is 19.3 Å². The molecule has 0 aromatic rings. The van der Waals surface area contributed by atoms with Gasteiger partial charge in [0.15, 0.2) is 5.79 Å². The zero-order valence-corrected chi connectivity index (χ0v) is 11.4. The van der Waals surface area contributed by atoms with E-state index in [1.807, 2.05) is 4.90 Å². The van der Waals surface area contributed by atoms with Gasteiger partial charge >= 0.3 is 0 Å². The maximum absolute atomic E-state index is 13.0. The van der Waals surface area contributed by atoms with Crippen molar-refractivity contribution < 1.29 is 19.0 Å². The Hall–Kier alpha value is -0.520. The highest BCUT2D eigenvalue weighted by atomic mass is 19.3. The van der Waals surface area contributed by atoms with E-state index in [9.17, 15) is 19.0 Å². The topological polar surface area (TPSA) is 43.7 Å². The Balaban J connectivity index is 2.10. The van der Waals surface area contributed by atoms with Crippen LogP contribution in [0.3, 0.4) is 0 Å². The maximum atomic E-state index is 13.0. The minimum atomic E-state index is -1.92. The lowest BCUT2D eigenvalue weighted by molar-refractivity contribution is -0.274. The number of rotatable bonds is 2. The molecule has 0 unspecified atom stereocenters. The second kappa shape index (κ2) is 3.77. The van der Waals surface area contributed by atoms with Crippen LogP contribution in [-0.4, -0.2) is 39.5 Å². The Morgan fingerprint density at radius 2 is 1.89 bits per heavy atom. The van der Waals surface area contributed by atoms with Crippen molar-refractivity contribution in [3.05, 3.63) is 11.7 Å². The summed E-state index contributed by atoms with van der Waals surface area (Å²) in [5.74, 6) is -2.30. The fourth-order valence-electron chi connectivity index (χ4n) is 4.36. The molecule has 3 nitrogen and oxygen atoms in total. The summed E-state index contributed by atoms with van der Waals surface area (Å²) < 4.78 is 25.9. The first kappa shape index (κ1) is 13.5. The van der Waals surface area contributed by atoms with Crippen molar-refractivity contribution in [3.63, 3.8) is 0 Å². The summed E-state index contributed by atoms with van der Waals surface area (Å²) in [6.07, 6.45) is 1.18. The van der Waals surface area contributed by atoms with E-state index in [0.29, 0.717) is 6.54 Å². The molecule has 2 aliphatic heterocycles. The second-order valence-electron chi connectivity index (χ2n) is 6.73. The van der Waals surface area contributed by atoms with E-state index in [-0.39, 0.29) is 29.9 Å². The predicted octanol–water partition coefficient (Wildman–Crippen LogP) is 2.10. The summed E-state index contributed by atoms with van der Waals surface area (Å²) in [4.78, 5) is 1.90. The minimum absolute atomic E-state index is 0.0825. The number of nitrogens with zero attached hydrogens (tertiary/aromatic N) is 1. The van der Waals surface area contributed by atoms with Crippen molar-refractivity contribution >= 4 is 0 Å². The highest BCUT2D eigenvalue weighted by Crippen LogP contribution is 2.70. The average molecular weight is 273 g/mol. The van der Waals surface area contributed by atoms with E-state index in [4.69, 9.17) is 0 Å². The van der Waals surface area contributed by atoms with Crippen molar-refractivity contribution in [1.82, 2.24) is 4.90 Å². The molecule has 0 radical (unpaired) electrons. The third-order valence-electron chi connectivity index (χ3n) is 5.66. The maximum Gasteiger partial charge on any atom is 0.270 e. The van der Waals surface area contributed by atoms with Crippen molar-refractivity contribution in [2.45, 2.75) is 50.9 Å². The Morgan fingerprint density at radius 1 is 1.26 bits per heavy atom. The molecule has 0 aromatic heterocycles. The van der Waals surface area contributed by atoms with Gasteiger partial charge in [0, 0.05) is 18.0 Å². The van der Waals surface area contributed by atoms with Gasteiger partial charge in [0.05, 0.1) is 5.54 Å². The molecule has 2 saturated heterocycles. The molecule has 1 aliphatic carbocycles. The molecule has 2 N–H and O–H groups in total. The molecule has 0 amide bonds. The molecule has 1 spiro atoms. The Kier molecular flexibility index (Phi) is 2.67. The zero-order chi connectivity index (χ0) is 14.1. The molecule has 2 heterocycles. The summed E-state index contributed by atoms with van der Waals surface area (Å²) in [7, 11) is 0. The number of halogens is 2. The van der Waals surface area contributed by atoms with Crippen LogP contribution < -0.4 is 0 Å². The lowest BCUT2D eigenvalue weighted by atomic mass is 9.69. The molecule has 108 valence electrons. The molecule has 3 aliphatic rings. The van der Waals surface area contributed by atoms with Crippen LogP contribution in [0.4, 0.5) is 8.78 Å². The summed E-state index contributed by atoms with van der Waals surface area (Å²) in [6, 6.07) is 0. The van der Waals surface area contributed by atoms with Gasteiger partial charge < -0.3 is 10.2 Å². The van der Waals surface area contributed by atoms with E-state index >= 15 is 0 Å². The molecular weight excluding hydrogens is 252 g/mol. The monoisotopic (exact) mass is 273 g/mol. The van der Waals surface area contributed by atoms with Gasteiger partial charge in [0.1, 0.15) is 0 Å². The van der Waals surface area contributed by atoms with Crippen LogP contribution in [0.5, 0.6) is 0 Å². The quantitative estimate of drug-likeness (QED) is 0.757. The van der Waals surface area contributed by atoms with Gasteiger partial charge in [-0.1, -0.05) is 13.8 Å². The second-order valence-corrected chi connectivity index (χ2v) is 6.73. The van der Waals surface area contributed by atoms with Gasteiger partial charge in [-0.3, -0.25) is 4.90 Å². The summed E-state index contributed by atoms with van der Waals surface area (Å²) in [5.41, 5.74) is -0.996. The number of fused-ring (bicyclic) bond motifs is 2. The van der Waals surface area contributed by atoms with Crippen LogP contribution in [0.2, 0.25) is 0 Å². The summed E-state index contributed by atoms with van der Waals surface area (Å²) >= 11 is 0. The van der Waals surface area contributed by atoms with Crippen molar-refractivity contribution in [3.8, 4) is 0 Å². The lowest BCUT2D eigenvalue weighted by Crippen LogP contribution is -2.65. The van der Waals surface area contributed by atoms with Gasteiger partial charge in [-0.15, -0.1) is 0 Å². The predicted molar refractivity (Wildman–Crippen MR) is 66.5 cm³/mol. The molecule has 0 bridgehead atoms. The molecule has 3 fully saturated rings. The molecule has 3 rings (SSSR count). The first-order valence-electron chi connectivity index (χ1n) is 7.00. The fraction of sp³-hybridized carbons (Fsp3) is 0.857. The molecule has 0 aromatic carbocycles. The van der Waals surface area contributed by atoms with E-state index in [2.05, 4.69) is 0 Å². The van der Waals surface area contributed by atoms with Gasteiger partial charge in [0.25, 0.3) is 6.08 Å². The first-order valence-corrected chi connectivity index (χ1v) is 7.00. The van der Waals surface area contributed by atoms with Crippen LogP contribution in [0.15, 0.2) is 11.7 Å². The number of aliphatic hydroxyl groups is 2. The normalized spacial score (nSPS) is 33.3. The van der Waals surface area contributed by atoms with Crippen molar-refractivity contribution in [1.29, 1.82) is 0 Å². The molecular formula is C14H21F2NO2. The highest BCUT2D eigenvalue weighted by molar-refractivity contribution is 5.33. The Bertz CT molecular complexity index is 439. The standard InChI is InChI=1S/C14H21F2NO2/c1-9(2)14(18,19)13-7-10(11(15)16)8-17(13)6-5-12(13)3-4-12/h9,18-19H,3-8H2,1-2H3/t13-/m1/s1. The largest absolute Gasteiger partial charge is 0.364 e. The van der Waals surface area contributed by atoms with Crippen LogP contribution in [-0.2, 0) is 0 Å². The van der Waals surface area contributed by atoms with Crippen LogP contribution in [0.1, 0.15) is 39.5 Å². The number of hydrogen-bond donors (Lipinski definition) is 2. The Morgan fingerprint density at radius 3 is 2.37 bits per heavy atom. The SMILES string of the molecule is CC(C)C(O)(O)[C@]12CC(=C(F)F)CN1CCC21CC1. The van der Waals surface area contributed by atoms with Crippen LogP contribution >= 0.6 is 0 Å². The molecule has 19 heavy (non-hydrogen) atoms. The van der Waals surface area contributed by atoms with E-state index in [1.54, 1.807) is 13.8 Å². The van der Waals surface area contributed by atoms with Gasteiger partial charge in [-0.2, -0.15) is 8.78 Å². The highest BCUT2D eigenvalue weighted by Gasteiger charge is 2.75. The average Bonchev–Trinajstić information content (AvgIpc) is 2.88. The Labute approximate surface area is 111 Å². The third-order valence-corrected chi connectivity index (χ3v) is 5.66. The van der Waals surface area contributed by atoms with Gasteiger partial charge in [-0.05, 0) is 37.6 Å². The molecule has 5 heteroatoms. The van der Waals surface area contributed by atoms with Gasteiger partial charge in [0.2, 0.25) is 0 Å².